The molecule has 0 aliphatic carbocycles. The number of alkyl halides is 3. The fourth-order valence-corrected chi connectivity index (χ4v) is 3.50. The van der Waals surface area contributed by atoms with Crippen LogP contribution >= 0.6 is 0 Å². The molecule has 2 N–H and O–H groups in total. The van der Waals surface area contributed by atoms with E-state index in [1.807, 2.05) is 0 Å². The molecular formula is C23H25F3N4O4. The highest BCUT2D eigenvalue weighted by Gasteiger charge is 2.33. The second-order valence-electron chi connectivity index (χ2n) is 7.66. The first-order chi connectivity index (χ1) is 16.2. The highest BCUT2D eigenvalue weighted by atomic mass is 19.4. The lowest BCUT2D eigenvalue weighted by Crippen LogP contribution is -2.52. The molecule has 3 rings (SSSR count). The summed E-state index contributed by atoms with van der Waals surface area (Å²) in [6.45, 7) is 1.17. The number of piperazine rings is 1. The van der Waals surface area contributed by atoms with Gasteiger partial charge in [0, 0.05) is 31.7 Å². The van der Waals surface area contributed by atoms with Gasteiger partial charge in [0.25, 0.3) is 5.91 Å². The third-order valence-corrected chi connectivity index (χ3v) is 5.35. The summed E-state index contributed by atoms with van der Waals surface area (Å²) in [5, 5.41) is 4.90. The number of nitrogens with one attached hydrogen (secondary N) is 2. The van der Waals surface area contributed by atoms with Crippen LogP contribution in [0.15, 0.2) is 48.5 Å². The van der Waals surface area contributed by atoms with E-state index in [4.69, 9.17) is 4.74 Å². The minimum Gasteiger partial charge on any atom is -0.497 e. The van der Waals surface area contributed by atoms with Crippen molar-refractivity contribution in [2.45, 2.75) is 6.18 Å². The Balaban J connectivity index is 1.43. The van der Waals surface area contributed by atoms with Crippen molar-refractivity contribution in [3.05, 3.63) is 59.7 Å². The highest BCUT2D eigenvalue weighted by Crippen LogP contribution is 2.34. The van der Waals surface area contributed by atoms with Gasteiger partial charge in [-0.05, 0) is 36.4 Å². The molecule has 182 valence electrons. The zero-order chi connectivity index (χ0) is 24.7. The van der Waals surface area contributed by atoms with Crippen LogP contribution in [-0.4, -0.2) is 73.9 Å². The second kappa shape index (κ2) is 11.0. The van der Waals surface area contributed by atoms with Gasteiger partial charge >= 0.3 is 6.18 Å². The van der Waals surface area contributed by atoms with Crippen LogP contribution in [0, 0.1) is 0 Å². The van der Waals surface area contributed by atoms with Crippen LogP contribution in [-0.2, 0) is 15.8 Å². The van der Waals surface area contributed by atoms with Gasteiger partial charge in [-0.2, -0.15) is 13.2 Å². The van der Waals surface area contributed by atoms with E-state index in [9.17, 15) is 27.6 Å². The molecule has 2 aromatic rings. The fraction of sp³-hybridized carbons (Fsp3) is 0.348. The maximum atomic E-state index is 13.1. The molecule has 0 spiro atoms. The summed E-state index contributed by atoms with van der Waals surface area (Å²) < 4.78 is 44.3. The van der Waals surface area contributed by atoms with Gasteiger partial charge in [0.1, 0.15) is 5.75 Å². The molecule has 1 aliphatic heterocycles. The number of hydrogen-bond donors (Lipinski definition) is 2. The largest absolute Gasteiger partial charge is 0.497 e. The number of methoxy groups -OCH3 is 1. The molecule has 8 nitrogen and oxygen atoms in total. The SMILES string of the molecule is COc1ccc(C(=O)NCC(=O)N2CCN(CC(=O)Nc3ccccc3C(F)(F)F)CC2)cc1. The molecule has 1 saturated heterocycles. The minimum atomic E-state index is -4.57. The van der Waals surface area contributed by atoms with Crippen molar-refractivity contribution in [1.82, 2.24) is 15.1 Å². The van der Waals surface area contributed by atoms with Crippen LogP contribution in [0.1, 0.15) is 15.9 Å². The molecule has 3 amide bonds. The topological polar surface area (TPSA) is 91.0 Å². The van der Waals surface area contributed by atoms with Gasteiger partial charge in [-0.1, -0.05) is 12.1 Å². The fourth-order valence-electron chi connectivity index (χ4n) is 3.50. The van der Waals surface area contributed by atoms with Crippen LogP contribution in [0.25, 0.3) is 0 Å². The predicted molar refractivity (Wildman–Crippen MR) is 118 cm³/mol. The Labute approximate surface area is 194 Å². The standard InChI is InChI=1S/C23H25F3N4O4/c1-34-17-8-6-16(7-9-17)22(33)27-14-21(32)30-12-10-29(11-13-30)15-20(31)28-19-5-3-2-4-18(19)23(24,25)26/h2-9H,10-15H2,1H3,(H,27,33)(H,28,31). The molecule has 0 saturated carbocycles. The number of nitrogens with zero attached hydrogens (tertiary/aromatic N) is 2. The van der Waals surface area contributed by atoms with Crippen LogP contribution < -0.4 is 15.4 Å². The summed E-state index contributed by atoms with van der Waals surface area (Å²) in [6.07, 6.45) is -4.57. The molecule has 1 fully saturated rings. The summed E-state index contributed by atoms with van der Waals surface area (Å²) in [4.78, 5) is 40.2. The molecule has 34 heavy (non-hydrogen) atoms. The number of amides is 3. The summed E-state index contributed by atoms with van der Waals surface area (Å²) >= 11 is 0. The summed E-state index contributed by atoms with van der Waals surface area (Å²) in [5.41, 5.74) is -0.798. The normalized spacial score (nSPS) is 14.4. The minimum absolute atomic E-state index is 0.0948. The summed E-state index contributed by atoms with van der Waals surface area (Å²) in [6, 6.07) is 11.3. The first-order valence-electron chi connectivity index (χ1n) is 10.6. The molecule has 1 aliphatic rings. The number of ether oxygens (including phenoxy) is 1. The number of para-hydroxylation sites is 1. The van der Waals surface area contributed by atoms with E-state index in [-0.39, 0.29) is 30.6 Å². The van der Waals surface area contributed by atoms with E-state index in [2.05, 4.69) is 10.6 Å². The molecule has 2 aromatic carbocycles. The van der Waals surface area contributed by atoms with Crippen molar-refractivity contribution in [2.75, 3.05) is 51.7 Å². The van der Waals surface area contributed by atoms with Gasteiger partial charge in [-0.25, -0.2) is 0 Å². The lowest BCUT2D eigenvalue weighted by atomic mass is 10.1. The average molecular weight is 478 g/mol. The van der Waals surface area contributed by atoms with Gasteiger partial charge in [-0.3, -0.25) is 19.3 Å². The molecule has 0 bridgehead atoms. The van der Waals surface area contributed by atoms with E-state index in [1.165, 1.54) is 25.3 Å². The first-order valence-corrected chi connectivity index (χ1v) is 10.6. The van der Waals surface area contributed by atoms with Crippen LogP contribution in [0.4, 0.5) is 18.9 Å². The van der Waals surface area contributed by atoms with Crippen molar-refractivity contribution in [3.8, 4) is 5.75 Å². The van der Waals surface area contributed by atoms with E-state index < -0.39 is 17.6 Å². The lowest BCUT2D eigenvalue weighted by molar-refractivity contribution is -0.137. The average Bonchev–Trinajstić information content (AvgIpc) is 2.82. The Morgan fingerprint density at radius 3 is 2.24 bits per heavy atom. The maximum Gasteiger partial charge on any atom is 0.418 e. The molecule has 0 unspecified atom stereocenters. The molecule has 1 heterocycles. The van der Waals surface area contributed by atoms with E-state index in [1.54, 1.807) is 34.1 Å². The second-order valence-corrected chi connectivity index (χ2v) is 7.66. The number of carbonyl (C=O) groups excluding carboxylic acids is 3. The zero-order valence-corrected chi connectivity index (χ0v) is 18.5. The number of rotatable bonds is 7. The molecule has 0 aromatic heterocycles. The van der Waals surface area contributed by atoms with Crippen LogP contribution in [0.5, 0.6) is 5.75 Å². The van der Waals surface area contributed by atoms with Crippen molar-refractivity contribution in [3.63, 3.8) is 0 Å². The van der Waals surface area contributed by atoms with Crippen molar-refractivity contribution >= 4 is 23.4 Å². The molecule has 0 radical (unpaired) electrons. The Kier molecular flexibility index (Phi) is 8.11. The number of anilines is 1. The smallest absolute Gasteiger partial charge is 0.418 e. The third kappa shape index (κ3) is 6.70. The Morgan fingerprint density at radius 1 is 0.971 bits per heavy atom. The monoisotopic (exact) mass is 478 g/mol. The Hall–Kier alpha value is -3.60. The number of carbonyl (C=O) groups is 3. The highest BCUT2D eigenvalue weighted by molar-refractivity contribution is 5.96. The van der Waals surface area contributed by atoms with Gasteiger partial charge in [-0.15, -0.1) is 0 Å². The molecular weight excluding hydrogens is 453 g/mol. The maximum absolute atomic E-state index is 13.1. The van der Waals surface area contributed by atoms with Gasteiger partial charge in [0.15, 0.2) is 0 Å². The van der Waals surface area contributed by atoms with Gasteiger partial charge in [0.05, 0.1) is 31.5 Å². The molecule has 0 atom stereocenters. The Bertz CT molecular complexity index is 1020. The van der Waals surface area contributed by atoms with Gasteiger partial charge in [0.2, 0.25) is 11.8 Å². The molecule has 11 heteroatoms. The summed E-state index contributed by atoms with van der Waals surface area (Å²) in [7, 11) is 1.52. The number of hydrogen-bond acceptors (Lipinski definition) is 5. The lowest BCUT2D eigenvalue weighted by Gasteiger charge is -2.34. The van der Waals surface area contributed by atoms with Crippen molar-refractivity contribution < 1.29 is 32.3 Å². The van der Waals surface area contributed by atoms with Crippen molar-refractivity contribution in [2.24, 2.45) is 0 Å². The number of benzene rings is 2. The van der Waals surface area contributed by atoms with E-state index >= 15 is 0 Å². The van der Waals surface area contributed by atoms with E-state index in [0.717, 1.165) is 6.07 Å². The van der Waals surface area contributed by atoms with E-state index in [0.29, 0.717) is 37.5 Å². The number of halogens is 3. The summed E-state index contributed by atoms with van der Waals surface area (Å²) in [5.74, 6) is -0.595. The van der Waals surface area contributed by atoms with Crippen molar-refractivity contribution in [1.29, 1.82) is 0 Å². The Morgan fingerprint density at radius 2 is 1.62 bits per heavy atom. The first kappa shape index (κ1) is 25.0. The van der Waals surface area contributed by atoms with Crippen LogP contribution in [0.3, 0.4) is 0 Å². The zero-order valence-electron chi connectivity index (χ0n) is 18.5. The van der Waals surface area contributed by atoms with Gasteiger partial charge < -0.3 is 20.3 Å². The third-order valence-electron chi connectivity index (χ3n) is 5.35. The van der Waals surface area contributed by atoms with Crippen LogP contribution in [0.2, 0.25) is 0 Å². The predicted octanol–water partition coefficient (Wildman–Crippen LogP) is 2.23. The quantitative estimate of drug-likeness (QED) is 0.637.